The van der Waals surface area contributed by atoms with Crippen molar-refractivity contribution in [2.45, 2.75) is 13.8 Å². The van der Waals surface area contributed by atoms with E-state index < -0.39 is 17.7 Å². The highest BCUT2D eigenvalue weighted by atomic mass is 32.1. The van der Waals surface area contributed by atoms with Crippen LogP contribution in [0.15, 0.2) is 24.3 Å². The summed E-state index contributed by atoms with van der Waals surface area (Å²) in [5.41, 5.74) is 0.800. The normalized spacial score (nSPS) is 10.3. The fourth-order valence-corrected chi connectivity index (χ4v) is 2.55. The van der Waals surface area contributed by atoms with E-state index in [9.17, 15) is 14.0 Å². The number of carbonyl (C=O) groups is 2. The molecule has 2 aromatic rings. The lowest BCUT2D eigenvalue weighted by Crippen LogP contribution is -2.12. The van der Waals surface area contributed by atoms with E-state index in [0.29, 0.717) is 4.88 Å². The van der Waals surface area contributed by atoms with Crippen molar-refractivity contribution in [1.29, 1.82) is 0 Å². The van der Waals surface area contributed by atoms with Gasteiger partial charge in [-0.3, -0.25) is 4.79 Å². The lowest BCUT2D eigenvalue weighted by molar-refractivity contribution is 0.0696. The first-order valence-corrected chi connectivity index (χ1v) is 6.61. The second-order valence-corrected chi connectivity index (χ2v) is 5.56. The summed E-state index contributed by atoms with van der Waals surface area (Å²) in [5.74, 6) is -2.40. The molecule has 104 valence electrons. The fraction of sp³-hybridized carbons (Fsp3) is 0.143. The van der Waals surface area contributed by atoms with E-state index >= 15 is 0 Å². The van der Waals surface area contributed by atoms with Crippen LogP contribution in [0, 0.1) is 19.7 Å². The number of rotatable bonds is 3. The van der Waals surface area contributed by atoms with Crippen LogP contribution in [-0.4, -0.2) is 17.0 Å². The summed E-state index contributed by atoms with van der Waals surface area (Å²) in [5, 5.41) is 11.2. The number of benzene rings is 1. The van der Waals surface area contributed by atoms with E-state index in [-0.39, 0.29) is 11.3 Å². The fourth-order valence-electron chi connectivity index (χ4n) is 1.62. The molecule has 2 N–H and O–H groups in total. The first-order chi connectivity index (χ1) is 9.38. The Hall–Kier alpha value is -2.21. The van der Waals surface area contributed by atoms with Crippen LogP contribution in [0.1, 0.15) is 30.5 Å². The average Bonchev–Trinajstić information content (AvgIpc) is 2.72. The van der Waals surface area contributed by atoms with Crippen molar-refractivity contribution < 1.29 is 19.1 Å². The molecule has 1 aromatic carbocycles. The molecule has 4 nitrogen and oxygen atoms in total. The van der Waals surface area contributed by atoms with E-state index in [4.69, 9.17) is 5.11 Å². The minimum atomic E-state index is -1.22. The van der Waals surface area contributed by atoms with Crippen LogP contribution in [0.2, 0.25) is 0 Å². The summed E-state index contributed by atoms with van der Waals surface area (Å²) in [6.07, 6.45) is 0. The molecule has 0 saturated carbocycles. The first-order valence-electron chi connectivity index (χ1n) is 5.79. The van der Waals surface area contributed by atoms with Gasteiger partial charge in [0.2, 0.25) is 0 Å². The highest BCUT2D eigenvalue weighted by Gasteiger charge is 2.14. The molecule has 0 fully saturated rings. The van der Waals surface area contributed by atoms with Crippen LogP contribution < -0.4 is 5.32 Å². The molecule has 0 aliphatic heterocycles. The molecule has 0 bridgehead atoms. The van der Waals surface area contributed by atoms with E-state index in [1.54, 1.807) is 6.07 Å². The van der Waals surface area contributed by atoms with Crippen molar-refractivity contribution in [2.75, 3.05) is 5.32 Å². The largest absolute Gasteiger partial charge is 0.478 e. The van der Waals surface area contributed by atoms with Gasteiger partial charge in [-0.2, -0.15) is 0 Å². The Morgan fingerprint density at radius 3 is 2.45 bits per heavy atom. The number of thiophene rings is 1. The van der Waals surface area contributed by atoms with E-state index in [0.717, 1.165) is 16.5 Å². The van der Waals surface area contributed by atoms with E-state index in [2.05, 4.69) is 5.32 Å². The number of carbonyl (C=O) groups excluding carboxylic acids is 1. The topological polar surface area (TPSA) is 66.4 Å². The molecule has 6 heteroatoms. The maximum Gasteiger partial charge on any atom is 0.335 e. The van der Waals surface area contributed by atoms with Crippen LogP contribution in [0.4, 0.5) is 10.1 Å². The predicted octanol–water partition coefficient (Wildman–Crippen LogP) is 3.45. The summed E-state index contributed by atoms with van der Waals surface area (Å²) in [4.78, 5) is 24.2. The second kappa shape index (κ2) is 5.42. The van der Waals surface area contributed by atoms with Gasteiger partial charge in [-0.15, -0.1) is 11.3 Å². The molecule has 0 atom stereocenters. The Balaban J connectivity index is 2.21. The molecule has 1 aromatic heterocycles. The summed E-state index contributed by atoms with van der Waals surface area (Å²) in [6.45, 7) is 3.80. The third kappa shape index (κ3) is 2.85. The lowest BCUT2D eigenvalue weighted by Gasteiger charge is -2.05. The Kier molecular flexibility index (Phi) is 3.85. The van der Waals surface area contributed by atoms with Crippen molar-refractivity contribution >= 4 is 28.9 Å². The maximum absolute atomic E-state index is 13.7. The third-order valence-electron chi connectivity index (χ3n) is 2.85. The Morgan fingerprint density at radius 2 is 1.95 bits per heavy atom. The molecule has 20 heavy (non-hydrogen) atoms. The molecule has 0 spiro atoms. The van der Waals surface area contributed by atoms with Crippen LogP contribution in [0.3, 0.4) is 0 Å². The SMILES string of the molecule is Cc1cc(C(=O)Nc2ccc(C(=O)O)cc2F)sc1C. The molecule has 0 radical (unpaired) electrons. The van der Waals surface area contributed by atoms with Gasteiger partial charge < -0.3 is 10.4 Å². The number of anilines is 1. The number of halogens is 1. The molecule has 0 saturated heterocycles. The Bertz CT molecular complexity index is 674. The smallest absolute Gasteiger partial charge is 0.335 e. The molecular weight excluding hydrogens is 281 g/mol. The first kappa shape index (κ1) is 14.2. The van der Waals surface area contributed by atoms with Gasteiger partial charge in [0.25, 0.3) is 5.91 Å². The van der Waals surface area contributed by atoms with Gasteiger partial charge in [0, 0.05) is 4.88 Å². The van der Waals surface area contributed by atoms with Gasteiger partial charge in [-0.05, 0) is 43.7 Å². The lowest BCUT2D eigenvalue weighted by atomic mass is 10.2. The Morgan fingerprint density at radius 1 is 1.25 bits per heavy atom. The molecule has 2 rings (SSSR count). The number of carboxylic acid groups (broad SMARTS) is 1. The zero-order chi connectivity index (χ0) is 14.9. The van der Waals surface area contributed by atoms with Gasteiger partial charge in [0.15, 0.2) is 0 Å². The molecule has 1 heterocycles. The monoisotopic (exact) mass is 293 g/mol. The zero-order valence-electron chi connectivity index (χ0n) is 10.9. The number of hydrogen-bond donors (Lipinski definition) is 2. The standard InChI is InChI=1S/C14H12FNO3S/c1-7-5-12(20-8(7)2)13(17)16-11-4-3-9(14(18)19)6-10(11)15/h3-6H,1-2H3,(H,16,17)(H,18,19). The van der Waals surface area contributed by atoms with Crippen LogP contribution in [-0.2, 0) is 0 Å². The summed E-state index contributed by atoms with van der Waals surface area (Å²) in [6, 6.07) is 5.09. The zero-order valence-corrected chi connectivity index (χ0v) is 11.7. The molecule has 0 unspecified atom stereocenters. The van der Waals surface area contributed by atoms with Crippen molar-refractivity contribution in [3.8, 4) is 0 Å². The van der Waals surface area contributed by atoms with Crippen LogP contribution in [0.25, 0.3) is 0 Å². The number of hydrogen-bond acceptors (Lipinski definition) is 3. The maximum atomic E-state index is 13.7. The van der Waals surface area contributed by atoms with E-state index in [1.165, 1.54) is 23.5 Å². The summed E-state index contributed by atoms with van der Waals surface area (Å²) in [7, 11) is 0. The molecular formula is C14H12FNO3S. The van der Waals surface area contributed by atoms with Crippen molar-refractivity contribution in [1.82, 2.24) is 0 Å². The number of carboxylic acids is 1. The molecule has 0 aliphatic carbocycles. The number of nitrogens with one attached hydrogen (secondary N) is 1. The third-order valence-corrected chi connectivity index (χ3v) is 4.01. The van der Waals surface area contributed by atoms with Gasteiger partial charge in [-0.25, -0.2) is 9.18 Å². The number of aromatic carboxylic acids is 1. The average molecular weight is 293 g/mol. The quantitative estimate of drug-likeness (QED) is 0.910. The van der Waals surface area contributed by atoms with Gasteiger partial charge >= 0.3 is 5.97 Å². The molecule has 1 amide bonds. The Labute approximate surface area is 118 Å². The van der Waals surface area contributed by atoms with Crippen molar-refractivity contribution in [3.05, 3.63) is 51.0 Å². The van der Waals surface area contributed by atoms with Crippen LogP contribution >= 0.6 is 11.3 Å². The van der Waals surface area contributed by atoms with Gasteiger partial charge in [0.1, 0.15) is 5.82 Å². The summed E-state index contributed by atoms with van der Waals surface area (Å²) < 4.78 is 13.7. The van der Waals surface area contributed by atoms with Gasteiger partial charge in [0.05, 0.1) is 16.1 Å². The van der Waals surface area contributed by atoms with Crippen molar-refractivity contribution in [2.24, 2.45) is 0 Å². The summed E-state index contributed by atoms with van der Waals surface area (Å²) >= 11 is 1.33. The van der Waals surface area contributed by atoms with Gasteiger partial charge in [-0.1, -0.05) is 0 Å². The highest BCUT2D eigenvalue weighted by molar-refractivity contribution is 7.14. The van der Waals surface area contributed by atoms with Crippen molar-refractivity contribution in [3.63, 3.8) is 0 Å². The van der Waals surface area contributed by atoms with E-state index in [1.807, 2.05) is 13.8 Å². The minimum Gasteiger partial charge on any atom is -0.478 e. The predicted molar refractivity (Wildman–Crippen MR) is 75.1 cm³/mol. The van der Waals surface area contributed by atoms with Crippen LogP contribution in [0.5, 0.6) is 0 Å². The second-order valence-electron chi connectivity index (χ2n) is 4.30. The highest BCUT2D eigenvalue weighted by Crippen LogP contribution is 2.23. The number of amides is 1. The minimum absolute atomic E-state index is 0.0382. The molecule has 0 aliphatic rings. The number of aryl methyl sites for hydroxylation is 2.